The monoisotopic (exact) mass is 621 g/mol. The number of benzene rings is 1. The zero-order valence-corrected chi connectivity index (χ0v) is 24.5. The summed E-state index contributed by atoms with van der Waals surface area (Å²) in [5, 5.41) is 8.10. The minimum absolute atomic E-state index is 0.0259. The van der Waals surface area contributed by atoms with E-state index < -0.39 is 41.3 Å². The molecule has 14 heteroatoms. The first-order chi connectivity index (χ1) is 20.9. The van der Waals surface area contributed by atoms with Gasteiger partial charge < -0.3 is 23.4 Å². The summed E-state index contributed by atoms with van der Waals surface area (Å²) in [6.45, 7) is 6.89. The van der Waals surface area contributed by atoms with Gasteiger partial charge in [-0.3, -0.25) is 0 Å². The maximum absolute atomic E-state index is 13.3. The third-order valence-corrected chi connectivity index (χ3v) is 9.69. The van der Waals surface area contributed by atoms with E-state index in [0.717, 1.165) is 25.7 Å². The molecule has 1 aliphatic carbocycles. The zero-order chi connectivity index (χ0) is 30.9. The number of ether oxygens (including phenoxy) is 4. The Hall–Kier alpha value is -3.04. The Morgan fingerprint density at radius 3 is 2.77 bits per heavy atom. The standard InChI is InChI=1S/C30H34F3N3O8/c1-16-4-7-22-17(2)26(41-27-29(22)21(16)8-9-28(3,42-27)43-44-29)39-15-18-14-36(35-34-18)10-11-38-19-5-6-20-23(30(31,32)33)13-25(37)40-24(20)12-19/h5-6,12-14,16-17,21-22,26-27H,4,7-11,15H2,1-3H3/t16-,17-,21+,22+,26+,27-,28-,29-/m1/s1. The Kier molecular flexibility index (Phi) is 7.28. The highest BCUT2D eigenvalue weighted by Gasteiger charge is 2.69. The van der Waals surface area contributed by atoms with Crippen molar-refractivity contribution in [2.45, 2.75) is 89.8 Å². The molecule has 3 aromatic rings. The van der Waals surface area contributed by atoms with Gasteiger partial charge in [0.25, 0.3) is 0 Å². The molecule has 5 aliphatic rings. The summed E-state index contributed by atoms with van der Waals surface area (Å²) in [4.78, 5) is 23.7. The molecule has 8 atom stereocenters. The molecular formula is C30H34F3N3O8. The van der Waals surface area contributed by atoms with Crippen LogP contribution in [0.1, 0.15) is 57.7 Å². The van der Waals surface area contributed by atoms with E-state index in [4.69, 9.17) is 33.1 Å². The van der Waals surface area contributed by atoms with Gasteiger partial charge in [0, 0.05) is 35.8 Å². The average molecular weight is 622 g/mol. The van der Waals surface area contributed by atoms with Gasteiger partial charge in [0.1, 0.15) is 23.6 Å². The first kappa shape index (κ1) is 29.7. The van der Waals surface area contributed by atoms with Gasteiger partial charge >= 0.3 is 11.8 Å². The van der Waals surface area contributed by atoms with Crippen molar-refractivity contribution in [3.63, 3.8) is 0 Å². The number of hydrogen-bond acceptors (Lipinski definition) is 10. The number of halogens is 3. The molecule has 44 heavy (non-hydrogen) atoms. The van der Waals surface area contributed by atoms with Crippen LogP contribution in [0.25, 0.3) is 11.0 Å². The lowest BCUT2D eigenvalue weighted by Gasteiger charge is -2.60. The Labute approximate surface area is 250 Å². The van der Waals surface area contributed by atoms with Gasteiger partial charge in [0.05, 0.1) is 24.9 Å². The number of nitrogens with zero attached hydrogens (tertiary/aromatic N) is 3. The van der Waals surface area contributed by atoms with Crippen LogP contribution in [0.2, 0.25) is 0 Å². The van der Waals surface area contributed by atoms with Crippen molar-refractivity contribution >= 4 is 11.0 Å². The van der Waals surface area contributed by atoms with E-state index in [9.17, 15) is 18.0 Å². The third-order valence-electron chi connectivity index (χ3n) is 9.69. The molecule has 8 rings (SSSR count). The van der Waals surface area contributed by atoms with E-state index >= 15 is 0 Å². The average Bonchev–Trinajstić information content (AvgIpc) is 3.30. The van der Waals surface area contributed by atoms with Gasteiger partial charge in [-0.25, -0.2) is 19.3 Å². The van der Waals surface area contributed by atoms with Crippen LogP contribution >= 0.6 is 0 Å². The Morgan fingerprint density at radius 1 is 1.11 bits per heavy atom. The lowest BCUT2D eigenvalue weighted by atomic mass is 9.58. The van der Waals surface area contributed by atoms with Crippen molar-refractivity contribution in [3.05, 3.63) is 52.1 Å². The van der Waals surface area contributed by atoms with Gasteiger partial charge in [-0.2, -0.15) is 13.2 Å². The van der Waals surface area contributed by atoms with E-state index in [2.05, 4.69) is 24.2 Å². The summed E-state index contributed by atoms with van der Waals surface area (Å²) in [5.74, 6) is 0.301. The van der Waals surface area contributed by atoms with Crippen molar-refractivity contribution < 1.29 is 46.3 Å². The van der Waals surface area contributed by atoms with Crippen LogP contribution < -0.4 is 10.4 Å². The molecule has 4 saturated heterocycles. The summed E-state index contributed by atoms with van der Waals surface area (Å²) in [5.41, 5.74) is -2.41. The number of fused-ring (bicyclic) bond motifs is 3. The fourth-order valence-corrected chi connectivity index (χ4v) is 7.47. The Balaban J connectivity index is 0.970. The topological polar surface area (TPSA) is 116 Å². The number of alkyl halides is 3. The van der Waals surface area contributed by atoms with Crippen LogP contribution in [-0.2, 0) is 43.3 Å². The van der Waals surface area contributed by atoms with Crippen molar-refractivity contribution in [1.82, 2.24) is 15.0 Å². The molecule has 11 nitrogen and oxygen atoms in total. The molecule has 4 aliphatic heterocycles. The number of rotatable bonds is 7. The first-order valence-corrected chi connectivity index (χ1v) is 14.9. The van der Waals surface area contributed by atoms with Gasteiger partial charge in [0.15, 0.2) is 18.2 Å². The zero-order valence-electron chi connectivity index (χ0n) is 24.5. The smallest absolute Gasteiger partial charge is 0.417 e. The molecule has 1 saturated carbocycles. The minimum atomic E-state index is -4.68. The fourth-order valence-electron chi connectivity index (χ4n) is 7.47. The highest BCUT2D eigenvalue weighted by atomic mass is 19.4. The largest absolute Gasteiger partial charge is 0.492 e. The molecule has 2 bridgehead atoms. The van der Waals surface area contributed by atoms with Crippen molar-refractivity contribution in [3.8, 4) is 5.75 Å². The van der Waals surface area contributed by atoms with Gasteiger partial charge in [-0.05, 0) is 50.2 Å². The van der Waals surface area contributed by atoms with Gasteiger partial charge in [-0.15, -0.1) is 5.10 Å². The van der Waals surface area contributed by atoms with Crippen molar-refractivity contribution in [1.29, 1.82) is 0 Å². The van der Waals surface area contributed by atoms with E-state index in [1.807, 2.05) is 6.92 Å². The number of aromatic nitrogens is 3. The second-order valence-corrected chi connectivity index (χ2v) is 12.5. The second-order valence-electron chi connectivity index (χ2n) is 12.5. The second kappa shape index (κ2) is 10.8. The van der Waals surface area contributed by atoms with Crippen molar-refractivity contribution in [2.24, 2.45) is 23.7 Å². The lowest BCUT2D eigenvalue weighted by molar-refractivity contribution is -0.577. The van der Waals surface area contributed by atoms with E-state index in [0.29, 0.717) is 24.2 Å². The minimum Gasteiger partial charge on any atom is -0.492 e. The van der Waals surface area contributed by atoms with Crippen LogP contribution in [0.5, 0.6) is 5.75 Å². The summed E-state index contributed by atoms with van der Waals surface area (Å²) in [6, 6.07) is 4.31. The normalized spacial score (nSPS) is 35.0. The van der Waals surface area contributed by atoms with E-state index in [-0.39, 0.29) is 47.7 Å². The fraction of sp³-hybridized carbons (Fsp3) is 0.633. The predicted molar refractivity (Wildman–Crippen MR) is 145 cm³/mol. The molecule has 2 aromatic heterocycles. The van der Waals surface area contributed by atoms with Crippen LogP contribution in [0.4, 0.5) is 13.2 Å². The Morgan fingerprint density at radius 2 is 1.95 bits per heavy atom. The molecule has 1 spiro atoms. The molecular weight excluding hydrogens is 587 g/mol. The SMILES string of the molecule is C[C@H]1[C@@H](OCc2cn(CCOc3ccc4c(C(F)(F)F)cc(=O)oc4c3)nn2)O[C@@H]2O[C@@]3(C)CC[C@H]4[C@H](C)CC[C@@H]1[C@@]24OO3. The molecule has 1 aromatic carbocycles. The highest BCUT2D eigenvalue weighted by molar-refractivity contribution is 5.82. The molecule has 0 amide bonds. The molecule has 0 radical (unpaired) electrons. The summed E-state index contributed by atoms with van der Waals surface area (Å²) in [7, 11) is 0. The molecule has 0 unspecified atom stereocenters. The van der Waals surface area contributed by atoms with Crippen LogP contribution in [-0.4, -0.2) is 45.6 Å². The number of hydrogen-bond donors (Lipinski definition) is 0. The third kappa shape index (κ3) is 5.10. The van der Waals surface area contributed by atoms with Crippen LogP contribution in [0.3, 0.4) is 0 Å². The van der Waals surface area contributed by atoms with E-state index in [1.54, 1.807) is 10.9 Å². The van der Waals surface area contributed by atoms with Gasteiger partial charge in [0.2, 0.25) is 5.79 Å². The van der Waals surface area contributed by atoms with Crippen LogP contribution in [0.15, 0.2) is 39.7 Å². The van der Waals surface area contributed by atoms with E-state index in [1.165, 1.54) is 18.2 Å². The maximum Gasteiger partial charge on any atom is 0.417 e. The van der Waals surface area contributed by atoms with Crippen LogP contribution in [0, 0.1) is 23.7 Å². The quantitative estimate of drug-likeness (QED) is 0.257. The maximum atomic E-state index is 13.3. The summed E-state index contributed by atoms with van der Waals surface area (Å²) < 4.78 is 71.2. The van der Waals surface area contributed by atoms with Crippen molar-refractivity contribution in [2.75, 3.05) is 6.61 Å². The van der Waals surface area contributed by atoms with Gasteiger partial charge in [-0.1, -0.05) is 19.1 Å². The lowest BCUT2D eigenvalue weighted by Crippen LogP contribution is -2.70. The molecule has 238 valence electrons. The Bertz CT molecular complexity index is 1600. The highest BCUT2D eigenvalue weighted by Crippen LogP contribution is 2.60. The molecule has 5 fully saturated rings. The molecule has 0 N–H and O–H groups in total. The molecule has 6 heterocycles. The predicted octanol–water partition coefficient (Wildman–Crippen LogP) is 5.21. The first-order valence-electron chi connectivity index (χ1n) is 14.9. The summed E-state index contributed by atoms with van der Waals surface area (Å²) >= 11 is 0. The summed E-state index contributed by atoms with van der Waals surface area (Å²) in [6.07, 6.45) is -0.335.